The van der Waals surface area contributed by atoms with Gasteiger partial charge < -0.3 is 10.4 Å². The van der Waals surface area contributed by atoms with Gasteiger partial charge >= 0.3 is 5.97 Å². The molecule has 1 rings (SSSR count). The van der Waals surface area contributed by atoms with Gasteiger partial charge in [-0.05, 0) is 40.2 Å². The molecule has 2 N–H and O–H groups in total. The fourth-order valence-electron chi connectivity index (χ4n) is 1.47. The highest BCUT2D eigenvalue weighted by Gasteiger charge is 2.22. The van der Waals surface area contributed by atoms with Crippen molar-refractivity contribution in [1.29, 1.82) is 0 Å². The highest BCUT2D eigenvalue weighted by atomic mass is 79.9. The highest BCUT2D eigenvalue weighted by Crippen LogP contribution is 2.27. The Balaban J connectivity index is 2.72. The van der Waals surface area contributed by atoms with Crippen molar-refractivity contribution in [2.24, 2.45) is 0 Å². The SMILES string of the molecule is CCCC[C@H](NC(=O)c1scc(C)c1Br)C(=O)O. The van der Waals surface area contributed by atoms with Crippen LogP contribution in [0.3, 0.4) is 0 Å². The average Bonchev–Trinajstić information content (AvgIpc) is 2.65. The van der Waals surface area contributed by atoms with Gasteiger partial charge in [-0.3, -0.25) is 4.79 Å². The molecule has 18 heavy (non-hydrogen) atoms. The summed E-state index contributed by atoms with van der Waals surface area (Å²) >= 11 is 4.64. The van der Waals surface area contributed by atoms with Crippen LogP contribution in [0.1, 0.15) is 41.4 Å². The van der Waals surface area contributed by atoms with Gasteiger partial charge in [0.15, 0.2) is 0 Å². The lowest BCUT2D eigenvalue weighted by Crippen LogP contribution is -2.40. The summed E-state index contributed by atoms with van der Waals surface area (Å²) in [7, 11) is 0. The number of hydrogen-bond donors (Lipinski definition) is 2. The maximum atomic E-state index is 12.0. The lowest BCUT2D eigenvalue weighted by atomic mass is 10.1. The normalized spacial score (nSPS) is 12.2. The number of thiophene rings is 1. The molecule has 0 saturated heterocycles. The smallest absolute Gasteiger partial charge is 0.326 e. The van der Waals surface area contributed by atoms with Crippen molar-refractivity contribution < 1.29 is 14.7 Å². The van der Waals surface area contributed by atoms with E-state index in [1.807, 2.05) is 19.2 Å². The second-order valence-corrected chi connectivity index (χ2v) is 5.74. The lowest BCUT2D eigenvalue weighted by Gasteiger charge is -2.13. The monoisotopic (exact) mass is 333 g/mol. The first-order chi connectivity index (χ1) is 8.47. The molecule has 0 aliphatic carbocycles. The quantitative estimate of drug-likeness (QED) is 0.840. The predicted molar refractivity (Wildman–Crippen MR) is 75.2 cm³/mol. The number of halogens is 1. The number of rotatable bonds is 6. The molecule has 1 amide bonds. The fourth-order valence-corrected chi connectivity index (χ4v) is 3.04. The first kappa shape index (κ1) is 15.2. The van der Waals surface area contributed by atoms with Crippen LogP contribution in [0.4, 0.5) is 0 Å². The van der Waals surface area contributed by atoms with Gasteiger partial charge in [-0.2, -0.15) is 0 Å². The molecule has 0 fully saturated rings. The summed E-state index contributed by atoms with van der Waals surface area (Å²) in [4.78, 5) is 23.5. The van der Waals surface area contributed by atoms with E-state index < -0.39 is 12.0 Å². The zero-order chi connectivity index (χ0) is 13.7. The summed E-state index contributed by atoms with van der Waals surface area (Å²) < 4.78 is 0.740. The number of hydrogen-bond acceptors (Lipinski definition) is 3. The van der Waals surface area contributed by atoms with E-state index in [9.17, 15) is 9.59 Å². The number of carbonyl (C=O) groups excluding carboxylic acids is 1. The number of carboxylic acid groups (broad SMARTS) is 1. The largest absolute Gasteiger partial charge is 0.480 e. The molecule has 0 bridgehead atoms. The molecule has 0 radical (unpaired) electrons. The van der Waals surface area contributed by atoms with Gasteiger partial charge in [-0.15, -0.1) is 11.3 Å². The molecule has 6 heteroatoms. The van der Waals surface area contributed by atoms with Gasteiger partial charge in [0.1, 0.15) is 10.9 Å². The van der Waals surface area contributed by atoms with E-state index in [-0.39, 0.29) is 5.91 Å². The van der Waals surface area contributed by atoms with E-state index in [0.29, 0.717) is 11.3 Å². The first-order valence-electron chi connectivity index (χ1n) is 5.74. The zero-order valence-electron chi connectivity index (χ0n) is 10.3. The van der Waals surface area contributed by atoms with Crippen molar-refractivity contribution >= 4 is 39.1 Å². The molecule has 1 atom stereocenters. The van der Waals surface area contributed by atoms with Crippen LogP contribution in [0, 0.1) is 6.92 Å². The van der Waals surface area contributed by atoms with E-state index >= 15 is 0 Å². The van der Waals surface area contributed by atoms with Crippen LogP contribution in [-0.4, -0.2) is 23.0 Å². The van der Waals surface area contributed by atoms with Crippen LogP contribution < -0.4 is 5.32 Å². The molecule has 4 nitrogen and oxygen atoms in total. The average molecular weight is 334 g/mol. The Bertz CT molecular complexity index is 445. The minimum atomic E-state index is -0.985. The first-order valence-corrected chi connectivity index (χ1v) is 7.41. The van der Waals surface area contributed by atoms with Crippen LogP contribution in [0.5, 0.6) is 0 Å². The Morgan fingerprint density at radius 1 is 1.56 bits per heavy atom. The van der Waals surface area contributed by atoms with Crippen molar-refractivity contribution in [1.82, 2.24) is 5.32 Å². The molecule has 1 aromatic rings. The van der Waals surface area contributed by atoms with Crippen LogP contribution >= 0.6 is 27.3 Å². The van der Waals surface area contributed by atoms with Crippen LogP contribution in [-0.2, 0) is 4.79 Å². The van der Waals surface area contributed by atoms with Crippen LogP contribution in [0.15, 0.2) is 9.85 Å². The number of unbranched alkanes of at least 4 members (excludes halogenated alkanes) is 1. The summed E-state index contributed by atoms with van der Waals surface area (Å²) in [6, 6.07) is -0.813. The molecule has 0 aliphatic rings. The van der Waals surface area contributed by atoms with Gasteiger partial charge in [0.05, 0.1) is 0 Å². The van der Waals surface area contributed by atoms with E-state index in [2.05, 4.69) is 21.2 Å². The van der Waals surface area contributed by atoms with Crippen molar-refractivity contribution in [3.63, 3.8) is 0 Å². The van der Waals surface area contributed by atoms with Crippen LogP contribution in [0.25, 0.3) is 0 Å². The maximum absolute atomic E-state index is 12.0. The number of nitrogens with one attached hydrogen (secondary N) is 1. The number of carbonyl (C=O) groups is 2. The Labute approximate surface area is 119 Å². The van der Waals surface area contributed by atoms with Gasteiger partial charge in [-0.1, -0.05) is 19.8 Å². The van der Waals surface area contributed by atoms with E-state index in [0.717, 1.165) is 22.9 Å². The molecule has 0 spiro atoms. The Kier molecular flexibility index (Phi) is 5.81. The summed E-state index contributed by atoms with van der Waals surface area (Å²) in [6.45, 7) is 3.88. The standard InChI is InChI=1S/C12H16BrNO3S/c1-3-4-5-8(12(16)17)14-11(15)10-9(13)7(2)6-18-10/h6,8H,3-5H2,1-2H3,(H,14,15)(H,16,17)/t8-/m0/s1. The Morgan fingerprint density at radius 3 is 2.67 bits per heavy atom. The van der Waals surface area contributed by atoms with E-state index in [1.165, 1.54) is 11.3 Å². The molecule has 0 unspecified atom stereocenters. The number of carboxylic acids is 1. The minimum Gasteiger partial charge on any atom is -0.480 e. The molecule has 1 aromatic heterocycles. The van der Waals surface area contributed by atoms with Crippen molar-refractivity contribution in [3.05, 3.63) is 20.3 Å². The highest BCUT2D eigenvalue weighted by molar-refractivity contribution is 9.10. The third kappa shape index (κ3) is 3.81. The third-order valence-electron chi connectivity index (χ3n) is 2.56. The molecule has 0 saturated carbocycles. The third-order valence-corrected chi connectivity index (χ3v) is 4.94. The molecule has 100 valence electrons. The molecule has 0 aromatic carbocycles. The van der Waals surface area contributed by atoms with Crippen LogP contribution in [0.2, 0.25) is 0 Å². The van der Waals surface area contributed by atoms with E-state index in [4.69, 9.17) is 5.11 Å². The van der Waals surface area contributed by atoms with Gasteiger partial charge in [0.25, 0.3) is 5.91 Å². The Morgan fingerprint density at radius 2 is 2.22 bits per heavy atom. The topological polar surface area (TPSA) is 66.4 Å². The van der Waals surface area contributed by atoms with Crippen molar-refractivity contribution in [2.45, 2.75) is 39.2 Å². The lowest BCUT2D eigenvalue weighted by molar-refractivity contribution is -0.139. The summed E-state index contributed by atoms with van der Waals surface area (Å²) in [6.07, 6.45) is 2.14. The number of amides is 1. The number of aryl methyl sites for hydroxylation is 1. The molecular weight excluding hydrogens is 318 g/mol. The number of aliphatic carboxylic acids is 1. The molecular formula is C12H16BrNO3S. The van der Waals surface area contributed by atoms with Crippen molar-refractivity contribution in [3.8, 4) is 0 Å². The summed E-state index contributed by atoms with van der Waals surface area (Å²) in [5.74, 6) is -1.32. The minimum absolute atomic E-state index is 0.330. The van der Waals surface area contributed by atoms with Gasteiger partial charge in [0, 0.05) is 4.47 Å². The zero-order valence-corrected chi connectivity index (χ0v) is 12.7. The Hall–Kier alpha value is -0.880. The fraction of sp³-hybridized carbons (Fsp3) is 0.500. The van der Waals surface area contributed by atoms with E-state index in [1.54, 1.807) is 0 Å². The molecule has 1 heterocycles. The molecule has 0 aliphatic heterocycles. The summed E-state index contributed by atoms with van der Waals surface area (Å²) in [5, 5.41) is 13.5. The summed E-state index contributed by atoms with van der Waals surface area (Å²) in [5.41, 5.74) is 0.977. The van der Waals surface area contributed by atoms with Crippen molar-refractivity contribution in [2.75, 3.05) is 0 Å². The second-order valence-electron chi connectivity index (χ2n) is 4.07. The maximum Gasteiger partial charge on any atom is 0.326 e. The predicted octanol–water partition coefficient (Wildman–Crippen LogP) is 3.19. The second kappa shape index (κ2) is 6.89. The van der Waals surface area contributed by atoms with Gasteiger partial charge in [0.2, 0.25) is 0 Å². The van der Waals surface area contributed by atoms with Gasteiger partial charge in [-0.25, -0.2) is 4.79 Å².